The molecular formula is C39H35BrN2O8S. The van der Waals surface area contributed by atoms with Crippen molar-refractivity contribution in [3.63, 3.8) is 0 Å². The van der Waals surface area contributed by atoms with E-state index in [1.807, 2.05) is 43.3 Å². The van der Waals surface area contributed by atoms with E-state index in [-0.39, 0.29) is 24.3 Å². The highest BCUT2D eigenvalue weighted by Gasteiger charge is 2.34. The molecule has 1 atom stereocenters. The van der Waals surface area contributed by atoms with Crippen LogP contribution >= 0.6 is 27.3 Å². The number of hydrogen-bond acceptors (Lipinski definition) is 10. The molecule has 0 amide bonds. The number of aromatic nitrogens is 1. The van der Waals surface area contributed by atoms with Crippen molar-refractivity contribution in [1.82, 2.24) is 4.57 Å². The zero-order valence-corrected chi connectivity index (χ0v) is 30.8. The second-order valence-corrected chi connectivity index (χ2v) is 13.3. The number of benzene rings is 4. The summed E-state index contributed by atoms with van der Waals surface area (Å²) >= 11 is 4.87. The van der Waals surface area contributed by atoms with E-state index in [1.54, 1.807) is 38.1 Å². The Hall–Kier alpha value is -5.20. The Morgan fingerprint density at radius 3 is 2.47 bits per heavy atom. The van der Waals surface area contributed by atoms with Gasteiger partial charge in [0.05, 0.1) is 46.6 Å². The van der Waals surface area contributed by atoms with E-state index in [4.69, 9.17) is 23.7 Å². The summed E-state index contributed by atoms with van der Waals surface area (Å²) in [4.78, 5) is 44.4. The van der Waals surface area contributed by atoms with Crippen molar-refractivity contribution in [1.29, 1.82) is 0 Å². The second-order valence-electron chi connectivity index (χ2n) is 11.4. The smallest absolute Gasteiger partial charge is 0.343 e. The van der Waals surface area contributed by atoms with Crippen LogP contribution in [0.1, 0.15) is 43.5 Å². The SMILES string of the molecule is CCOC(=O)C1=C(C)N=c2s/c(=C\c3ccc(OCc4cccc5ccccc45)c(Br)c3)c(=O)n2[C@@H]1c1ccc(OCC(=O)OC)c(OCC)c1. The third-order valence-electron chi connectivity index (χ3n) is 8.19. The molecule has 4 aromatic carbocycles. The molecule has 10 nitrogen and oxygen atoms in total. The number of carbonyl (C=O) groups is 2. The van der Waals surface area contributed by atoms with Crippen molar-refractivity contribution in [3.05, 3.63) is 131 Å². The summed E-state index contributed by atoms with van der Waals surface area (Å²) in [5.74, 6) is 0.190. The molecule has 6 rings (SSSR count). The number of nitrogens with zero attached hydrogens (tertiary/aromatic N) is 2. The van der Waals surface area contributed by atoms with Crippen molar-refractivity contribution in [2.24, 2.45) is 4.99 Å². The van der Waals surface area contributed by atoms with E-state index in [0.29, 0.717) is 51.1 Å². The summed E-state index contributed by atoms with van der Waals surface area (Å²) in [7, 11) is 1.27. The van der Waals surface area contributed by atoms with Crippen molar-refractivity contribution < 1.29 is 33.3 Å². The standard InChI is InChI=1S/C39H35BrN2O8S/c1-5-47-32-20-26(15-17-31(32)50-22-34(43)46-4)36-35(38(45)48-6-2)23(3)41-39-42(36)37(44)33(51-39)19-24-14-16-30(29(40)18-24)49-21-27-12-9-11-25-10-7-8-13-28(25)27/h7-20,36H,5-6,21-22H2,1-4H3/b33-19-/t36-/m1/s1. The van der Waals surface area contributed by atoms with Crippen LogP contribution < -0.4 is 29.1 Å². The molecule has 262 valence electrons. The van der Waals surface area contributed by atoms with Crippen LogP contribution in [-0.2, 0) is 25.7 Å². The number of rotatable bonds is 12. The molecule has 0 bridgehead atoms. The van der Waals surface area contributed by atoms with E-state index >= 15 is 0 Å². The maximum Gasteiger partial charge on any atom is 0.343 e. The van der Waals surface area contributed by atoms with E-state index in [0.717, 1.165) is 26.4 Å². The first-order valence-electron chi connectivity index (χ1n) is 16.3. The molecule has 0 saturated carbocycles. The monoisotopic (exact) mass is 770 g/mol. The summed E-state index contributed by atoms with van der Waals surface area (Å²) in [6.45, 7) is 5.79. The van der Waals surface area contributed by atoms with Gasteiger partial charge in [-0.3, -0.25) is 9.36 Å². The number of esters is 2. The zero-order valence-electron chi connectivity index (χ0n) is 28.4. The Morgan fingerprint density at radius 1 is 0.922 bits per heavy atom. The van der Waals surface area contributed by atoms with Gasteiger partial charge in [-0.2, -0.15) is 0 Å². The van der Waals surface area contributed by atoms with Gasteiger partial charge in [0.2, 0.25) is 0 Å². The lowest BCUT2D eigenvalue weighted by molar-refractivity contribution is -0.143. The normalized spacial score (nSPS) is 14.1. The van der Waals surface area contributed by atoms with Crippen molar-refractivity contribution in [3.8, 4) is 17.2 Å². The molecule has 0 N–H and O–H groups in total. The fourth-order valence-electron chi connectivity index (χ4n) is 5.83. The minimum Gasteiger partial charge on any atom is -0.490 e. The largest absolute Gasteiger partial charge is 0.490 e. The lowest BCUT2D eigenvalue weighted by Gasteiger charge is -2.25. The van der Waals surface area contributed by atoms with Gasteiger partial charge in [-0.25, -0.2) is 14.6 Å². The first-order valence-corrected chi connectivity index (χ1v) is 17.9. The van der Waals surface area contributed by atoms with Gasteiger partial charge in [0.25, 0.3) is 5.56 Å². The Kier molecular flexibility index (Phi) is 11.0. The lowest BCUT2D eigenvalue weighted by Crippen LogP contribution is -2.40. The first-order chi connectivity index (χ1) is 24.7. The van der Waals surface area contributed by atoms with Gasteiger partial charge in [-0.1, -0.05) is 65.9 Å². The summed E-state index contributed by atoms with van der Waals surface area (Å²) in [5, 5.41) is 2.29. The maximum absolute atomic E-state index is 14.2. The summed E-state index contributed by atoms with van der Waals surface area (Å²) < 4.78 is 30.5. The third kappa shape index (κ3) is 7.62. The number of allylic oxidation sites excluding steroid dienone is 1. The fraction of sp³-hybridized carbons (Fsp3) is 0.231. The highest BCUT2D eigenvalue weighted by molar-refractivity contribution is 9.10. The average molecular weight is 772 g/mol. The van der Waals surface area contributed by atoms with E-state index in [2.05, 4.69) is 45.2 Å². The summed E-state index contributed by atoms with van der Waals surface area (Å²) in [6, 6.07) is 24.2. The van der Waals surface area contributed by atoms with Gasteiger partial charge in [0.15, 0.2) is 22.9 Å². The Labute approximate surface area is 306 Å². The van der Waals surface area contributed by atoms with Crippen LogP contribution in [0, 0.1) is 0 Å². The fourth-order valence-corrected chi connectivity index (χ4v) is 7.39. The number of carbonyl (C=O) groups excluding carboxylic acids is 2. The van der Waals surface area contributed by atoms with Crippen LogP contribution in [0.15, 0.2) is 104 Å². The molecule has 0 saturated heterocycles. The van der Waals surface area contributed by atoms with Crippen LogP contribution in [0.3, 0.4) is 0 Å². The van der Waals surface area contributed by atoms with Crippen LogP contribution in [0.5, 0.6) is 17.2 Å². The van der Waals surface area contributed by atoms with E-state index in [1.165, 1.54) is 23.0 Å². The molecule has 0 aliphatic carbocycles. The molecule has 1 aliphatic heterocycles. The van der Waals surface area contributed by atoms with Gasteiger partial charge in [-0.15, -0.1) is 0 Å². The Bertz CT molecular complexity index is 2340. The number of methoxy groups -OCH3 is 1. The molecule has 0 fully saturated rings. The Balaban J connectivity index is 1.36. The minimum absolute atomic E-state index is 0.147. The summed E-state index contributed by atoms with van der Waals surface area (Å²) in [5.41, 5.74) is 2.77. The predicted octanol–water partition coefficient (Wildman–Crippen LogP) is 6.24. The van der Waals surface area contributed by atoms with Gasteiger partial charge in [0, 0.05) is 0 Å². The number of halogens is 1. The predicted molar refractivity (Wildman–Crippen MR) is 198 cm³/mol. The third-order valence-corrected chi connectivity index (χ3v) is 9.79. The number of ether oxygens (including phenoxy) is 5. The molecule has 0 unspecified atom stereocenters. The van der Waals surface area contributed by atoms with Gasteiger partial charge in [-0.05, 0) is 94.5 Å². The zero-order chi connectivity index (χ0) is 36.1. The average Bonchev–Trinajstić information content (AvgIpc) is 3.43. The van der Waals surface area contributed by atoms with Gasteiger partial charge >= 0.3 is 11.9 Å². The quantitative estimate of drug-likeness (QED) is 0.137. The maximum atomic E-state index is 14.2. The topological polar surface area (TPSA) is 115 Å². The second kappa shape index (κ2) is 15.8. The van der Waals surface area contributed by atoms with E-state index < -0.39 is 18.0 Å². The Morgan fingerprint density at radius 2 is 1.71 bits per heavy atom. The van der Waals surface area contributed by atoms with Crippen molar-refractivity contribution >= 4 is 56.1 Å². The van der Waals surface area contributed by atoms with Crippen molar-refractivity contribution in [2.75, 3.05) is 26.9 Å². The van der Waals surface area contributed by atoms with Crippen LogP contribution in [0.4, 0.5) is 0 Å². The molecule has 12 heteroatoms. The molecule has 2 heterocycles. The lowest BCUT2D eigenvalue weighted by atomic mass is 9.95. The summed E-state index contributed by atoms with van der Waals surface area (Å²) in [6.07, 6.45) is 1.79. The van der Waals surface area contributed by atoms with Crippen LogP contribution in [0.2, 0.25) is 0 Å². The van der Waals surface area contributed by atoms with Crippen molar-refractivity contribution in [2.45, 2.75) is 33.4 Å². The highest BCUT2D eigenvalue weighted by atomic mass is 79.9. The molecule has 1 aliphatic rings. The highest BCUT2D eigenvalue weighted by Crippen LogP contribution is 2.36. The van der Waals surface area contributed by atoms with Gasteiger partial charge < -0.3 is 23.7 Å². The first kappa shape index (κ1) is 35.6. The molecule has 51 heavy (non-hydrogen) atoms. The molecule has 1 aromatic heterocycles. The number of fused-ring (bicyclic) bond motifs is 2. The van der Waals surface area contributed by atoms with E-state index in [9.17, 15) is 14.4 Å². The molecule has 0 radical (unpaired) electrons. The minimum atomic E-state index is -0.868. The molecule has 0 spiro atoms. The van der Waals surface area contributed by atoms with Crippen LogP contribution in [-0.4, -0.2) is 43.4 Å². The number of hydrogen-bond donors (Lipinski definition) is 0. The molecular weight excluding hydrogens is 736 g/mol. The van der Waals surface area contributed by atoms with Gasteiger partial charge in [0.1, 0.15) is 12.4 Å². The van der Waals surface area contributed by atoms with Crippen LogP contribution in [0.25, 0.3) is 16.8 Å². The molecule has 5 aromatic rings. The number of thiazole rings is 1.